The first-order valence-corrected chi connectivity index (χ1v) is 7.38. The molecule has 0 aliphatic rings. The van der Waals surface area contributed by atoms with E-state index in [4.69, 9.17) is 16.2 Å². The van der Waals surface area contributed by atoms with E-state index in [0.29, 0.717) is 6.54 Å². The third-order valence-corrected chi connectivity index (χ3v) is 3.66. The topological polar surface area (TPSA) is 87.2 Å². The summed E-state index contributed by atoms with van der Waals surface area (Å²) in [5.41, 5.74) is 5.36. The lowest BCUT2D eigenvalue weighted by Crippen LogP contribution is -2.56. The van der Waals surface area contributed by atoms with Crippen LogP contribution in [0.2, 0.25) is 0 Å². The lowest BCUT2D eigenvalue weighted by atomic mass is 10.1. The number of nitrogens with two attached hydrogens (primary N) is 1. The molecule has 0 rings (SSSR count). The molecule has 0 saturated carbocycles. The van der Waals surface area contributed by atoms with Crippen molar-refractivity contribution in [3.05, 3.63) is 0 Å². The minimum Gasteiger partial charge on any atom is -0.435 e. The second kappa shape index (κ2) is 9.78. The van der Waals surface area contributed by atoms with Gasteiger partial charge in [0.1, 0.15) is 0 Å². The predicted octanol–water partition coefficient (Wildman–Crippen LogP) is 3.54. The number of hydrogen-bond donors (Lipinski definition) is 3. The minimum atomic E-state index is -1.05. The molecule has 19 heavy (non-hydrogen) atoms. The highest BCUT2D eigenvalue weighted by Crippen LogP contribution is 2.12. The molecule has 0 bridgehead atoms. The maximum absolute atomic E-state index is 11.1. The van der Waals surface area contributed by atoms with Gasteiger partial charge in [-0.3, -0.25) is 0 Å². The summed E-state index contributed by atoms with van der Waals surface area (Å²) in [5, 5.41) is 16.4. The van der Waals surface area contributed by atoms with Crippen LogP contribution in [0.1, 0.15) is 64.7 Å². The van der Waals surface area contributed by atoms with Crippen molar-refractivity contribution in [3.63, 3.8) is 0 Å². The SMILES string of the molecule is CCCCCCCCCCC[N+](C)(C(=N)N)C(=O)O. The van der Waals surface area contributed by atoms with Crippen LogP contribution in [0.3, 0.4) is 0 Å². The van der Waals surface area contributed by atoms with E-state index in [9.17, 15) is 4.79 Å². The summed E-state index contributed by atoms with van der Waals surface area (Å²) >= 11 is 0. The van der Waals surface area contributed by atoms with Crippen molar-refractivity contribution >= 4 is 12.1 Å². The third-order valence-electron chi connectivity index (χ3n) is 3.66. The van der Waals surface area contributed by atoms with E-state index < -0.39 is 10.6 Å². The molecular weight excluding hydrogens is 242 g/mol. The zero-order valence-corrected chi connectivity index (χ0v) is 12.5. The number of guanidine groups is 1. The Bertz CT molecular complexity index is 266. The molecule has 4 N–H and O–H groups in total. The van der Waals surface area contributed by atoms with Gasteiger partial charge in [0.15, 0.2) is 0 Å². The molecule has 5 heteroatoms. The van der Waals surface area contributed by atoms with Crippen molar-refractivity contribution in [1.29, 1.82) is 5.41 Å². The molecule has 1 atom stereocenters. The van der Waals surface area contributed by atoms with Gasteiger partial charge in [0.05, 0.1) is 13.6 Å². The minimum absolute atomic E-state index is 0.299. The average Bonchev–Trinajstić information content (AvgIpc) is 2.36. The highest BCUT2D eigenvalue weighted by Gasteiger charge is 2.35. The number of carboxylic acid groups (broad SMARTS) is 1. The monoisotopic (exact) mass is 272 g/mol. The first-order valence-electron chi connectivity index (χ1n) is 7.38. The molecule has 0 spiro atoms. The fourth-order valence-corrected chi connectivity index (χ4v) is 2.06. The van der Waals surface area contributed by atoms with Crippen molar-refractivity contribution in [1.82, 2.24) is 0 Å². The summed E-state index contributed by atoms with van der Waals surface area (Å²) in [6, 6.07) is 0. The van der Waals surface area contributed by atoms with Crippen LogP contribution in [0.5, 0.6) is 0 Å². The molecule has 0 heterocycles. The Labute approximate surface area is 116 Å². The smallest absolute Gasteiger partial charge is 0.435 e. The fraction of sp³-hybridized carbons (Fsp3) is 0.857. The van der Waals surface area contributed by atoms with Gasteiger partial charge in [-0.1, -0.05) is 51.9 Å². The van der Waals surface area contributed by atoms with Gasteiger partial charge in [0.25, 0.3) is 0 Å². The molecule has 0 aromatic rings. The van der Waals surface area contributed by atoms with E-state index in [-0.39, 0.29) is 5.96 Å². The molecule has 0 aromatic carbocycles. The summed E-state index contributed by atoms with van der Waals surface area (Å²) < 4.78 is -0.490. The first kappa shape index (κ1) is 17.9. The molecule has 0 aliphatic carbocycles. The van der Waals surface area contributed by atoms with E-state index >= 15 is 0 Å². The van der Waals surface area contributed by atoms with E-state index in [0.717, 1.165) is 19.3 Å². The van der Waals surface area contributed by atoms with Crippen LogP contribution < -0.4 is 5.73 Å². The normalized spacial score (nSPS) is 14.0. The van der Waals surface area contributed by atoms with Gasteiger partial charge in [-0.2, -0.15) is 9.28 Å². The Balaban J connectivity index is 3.62. The number of unbranched alkanes of at least 4 members (excludes halogenated alkanes) is 8. The van der Waals surface area contributed by atoms with E-state index in [1.54, 1.807) is 0 Å². The number of quaternary nitrogens is 1. The third kappa shape index (κ3) is 7.15. The zero-order valence-electron chi connectivity index (χ0n) is 12.5. The molecule has 112 valence electrons. The maximum Gasteiger partial charge on any atom is 0.521 e. The van der Waals surface area contributed by atoms with Crippen LogP contribution in [0.25, 0.3) is 0 Å². The summed E-state index contributed by atoms with van der Waals surface area (Å²) in [7, 11) is 1.48. The number of rotatable bonds is 10. The summed E-state index contributed by atoms with van der Waals surface area (Å²) in [6.07, 6.45) is 9.65. The summed E-state index contributed by atoms with van der Waals surface area (Å²) in [4.78, 5) is 11.1. The van der Waals surface area contributed by atoms with Gasteiger partial charge in [-0.15, -0.1) is 0 Å². The summed E-state index contributed by atoms with van der Waals surface area (Å²) in [6.45, 7) is 2.62. The molecule has 1 unspecified atom stereocenters. The Morgan fingerprint density at radius 2 is 1.47 bits per heavy atom. The van der Waals surface area contributed by atoms with Crippen molar-refractivity contribution in [3.8, 4) is 0 Å². The van der Waals surface area contributed by atoms with Gasteiger partial charge >= 0.3 is 12.1 Å². The summed E-state index contributed by atoms with van der Waals surface area (Å²) in [5.74, 6) is -0.299. The van der Waals surface area contributed by atoms with Crippen LogP contribution in [-0.2, 0) is 0 Å². The molecule has 0 aliphatic heterocycles. The second-order valence-corrected chi connectivity index (χ2v) is 5.41. The Kier molecular flexibility index (Phi) is 9.21. The van der Waals surface area contributed by atoms with Gasteiger partial charge in [-0.25, -0.2) is 5.41 Å². The van der Waals surface area contributed by atoms with Crippen LogP contribution in [0.15, 0.2) is 0 Å². The number of nitrogens with zero attached hydrogens (tertiary/aromatic N) is 1. The van der Waals surface area contributed by atoms with E-state index in [2.05, 4.69) is 6.92 Å². The Morgan fingerprint density at radius 3 is 1.84 bits per heavy atom. The van der Waals surface area contributed by atoms with Crippen LogP contribution in [-0.4, -0.2) is 35.2 Å². The fourth-order valence-electron chi connectivity index (χ4n) is 2.06. The van der Waals surface area contributed by atoms with Gasteiger partial charge in [0, 0.05) is 0 Å². The molecule has 5 nitrogen and oxygen atoms in total. The van der Waals surface area contributed by atoms with Crippen LogP contribution >= 0.6 is 0 Å². The lowest BCUT2D eigenvalue weighted by molar-refractivity contribution is -0.747. The van der Waals surface area contributed by atoms with Crippen molar-refractivity contribution in [2.75, 3.05) is 13.6 Å². The van der Waals surface area contributed by atoms with Crippen LogP contribution in [0, 0.1) is 5.41 Å². The molecule has 1 amide bonds. The number of amides is 1. The zero-order chi connectivity index (χ0) is 14.7. The Morgan fingerprint density at radius 1 is 1.05 bits per heavy atom. The molecule has 0 fully saturated rings. The molecule has 0 saturated heterocycles. The van der Waals surface area contributed by atoms with Gasteiger partial charge in [-0.05, 0) is 12.8 Å². The van der Waals surface area contributed by atoms with Crippen LogP contribution in [0.4, 0.5) is 4.79 Å². The van der Waals surface area contributed by atoms with Crippen molar-refractivity contribution in [2.45, 2.75) is 64.7 Å². The quantitative estimate of drug-likeness (QED) is 0.246. The Hall–Kier alpha value is -1.10. The maximum atomic E-state index is 11.1. The highest BCUT2D eigenvalue weighted by atomic mass is 16.4. The van der Waals surface area contributed by atoms with E-state index in [1.807, 2.05) is 0 Å². The highest BCUT2D eigenvalue weighted by molar-refractivity contribution is 5.78. The predicted molar refractivity (Wildman–Crippen MR) is 78.2 cm³/mol. The first-order chi connectivity index (χ1) is 8.95. The number of nitrogens with one attached hydrogen (secondary N) is 1. The lowest BCUT2D eigenvalue weighted by Gasteiger charge is -2.24. The molecule has 0 aromatic heterocycles. The molecular formula is C14H30N3O2+. The van der Waals surface area contributed by atoms with Crippen molar-refractivity contribution in [2.24, 2.45) is 5.73 Å². The van der Waals surface area contributed by atoms with Gasteiger partial charge < -0.3 is 10.8 Å². The largest absolute Gasteiger partial charge is 0.521 e. The number of carbonyl (C=O) groups is 1. The second-order valence-electron chi connectivity index (χ2n) is 5.41. The number of hydrogen-bond acceptors (Lipinski definition) is 2. The average molecular weight is 272 g/mol. The van der Waals surface area contributed by atoms with Crippen molar-refractivity contribution < 1.29 is 14.4 Å². The van der Waals surface area contributed by atoms with E-state index in [1.165, 1.54) is 45.6 Å². The molecule has 0 radical (unpaired) electrons. The standard InChI is InChI=1S/C14H29N3O2/c1-3-4-5-6-7-8-9-10-11-12-17(2,13(15)16)14(18)19/h3-12H2,1-2H3,(H3-,15,16,18,19)/p+1. The van der Waals surface area contributed by atoms with Gasteiger partial charge in [0.2, 0.25) is 0 Å².